The van der Waals surface area contributed by atoms with E-state index in [2.05, 4.69) is 20.8 Å². The standard InChI is InChI=1S/C42H81NO7/c1-6-9-12-15-18-19-20-23-26-30-40(44)47-35-31-38(37-50-42(46)49-34-27-33-43(4)5)32-36-48-41(45)39(28-24-21-16-13-10-7-2)29-25-22-17-14-11-8-3/h38-39H,6-37H2,1-5H3. The molecule has 0 amide bonds. The van der Waals surface area contributed by atoms with Crippen molar-refractivity contribution in [2.24, 2.45) is 11.8 Å². The quantitative estimate of drug-likeness (QED) is 0.0357. The molecule has 1 unspecified atom stereocenters. The van der Waals surface area contributed by atoms with Crippen LogP contribution in [0, 0.1) is 11.8 Å². The molecule has 0 N–H and O–H groups in total. The maximum absolute atomic E-state index is 13.2. The average Bonchev–Trinajstić information content (AvgIpc) is 3.09. The smallest absolute Gasteiger partial charge is 0.466 e. The summed E-state index contributed by atoms with van der Waals surface area (Å²) in [5.74, 6) is -0.430. The number of hydrogen-bond donors (Lipinski definition) is 0. The third-order valence-electron chi connectivity index (χ3n) is 9.60. The van der Waals surface area contributed by atoms with Crippen molar-refractivity contribution in [3.05, 3.63) is 0 Å². The Morgan fingerprint density at radius 3 is 1.44 bits per heavy atom. The first-order valence-corrected chi connectivity index (χ1v) is 21.1. The van der Waals surface area contributed by atoms with E-state index in [1.165, 1.54) is 109 Å². The molecule has 0 bridgehead atoms. The minimum atomic E-state index is -0.689. The van der Waals surface area contributed by atoms with Gasteiger partial charge in [-0.3, -0.25) is 9.59 Å². The van der Waals surface area contributed by atoms with E-state index in [0.717, 1.165) is 51.5 Å². The number of esters is 2. The first-order chi connectivity index (χ1) is 24.3. The molecule has 0 aliphatic heterocycles. The lowest BCUT2D eigenvalue weighted by Gasteiger charge is -2.19. The SMILES string of the molecule is CCCCCCCCCCCC(=O)OCCC(CCOC(=O)C(CCCCCCCC)CCCCCCCC)COC(=O)OCCCN(C)C. The molecule has 0 spiro atoms. The van der Waals surface area contributed by atoms with Crippen molar-refractivity contribution in [1.82, 2.24) is 4.90 Å². The Labute approximate surface area is 308 Å². The molecule has 0 saturated heterocycles. The number of ether oxygens (including phenoxy) is 4. The molecule has 0 aromatic carbocycles. The van der Waals surface area contributed by atoms with Crippen molar-refractivity contribution < 1.29 is 33.3 Å². The van der Waals surface area contributed by atoms with Crippen molar-refractivity contribution in [3.8, 4) is 0 Å². The van der Waals surface area contributed by atoms with Crippen LogP contribution in [0.1, 0.15) is 194 Å². The molecular weight excluding hydrogens is 630 g/mol. The number of hydrogen-bond acceptors (Lipinski definition) is 8. The second-order valence-corrected chi connectivity index (χ2v) is 14.8. The van der Waals surface area contributed by atoms with Crippen molar-refractivity contribution >= 4 is 18.1 Å². The number of carbonyl (C=O) groups excluding carboxylic acids is 3. The maximum atomic E-state index is 13.2. The molecule has 0 heterocycles. The first-order valence-electron chi connectivity index (χ1n) is 21.1. The molecule has 0 aromatic heterocycles. The minimum Gasteiger partial charge on any atom is -0.466 e. The summed E-state index contributed by atoms with van der Waals surface area (Å²) in [4.78, 5) is 39.9. The van der Waals surface area contributed by atoms with Crippen LogP contribution in [0.25, 0.3) is 0 Å². The lowest BCUT2D eigenvalue weighted by Crippen LogP contribution is -2.23. The predicted molar refractivity (Wildman–Crippen MR) is 206 cm³/mol. The van der Waals surface area contributed by atoms with Gasteiger partial charge < -0.3 is 23.8 Å². The second kappa shape index (κ2) is 36.9. The Balaban J connectivity index is 4.81. The fourth-order valence-electron chi connectivity index (χ4n) is 6.23. The van der Waals surface area contributed by atoms with E-state index in [1.807, 2.05) is 19.0 Å². The summed E-state index contributed by atoms with van der Waals surface area (Å²) in [6.45, 7) is 8.48. The molecule has 8 heteroatoms. The maximum Gasteiger partial charge on any atom is 0.508 e. The molecule has 0 aliphatic carbocycles. The van der Waals surface area contributed by atoms with Gasteiger partial charge in [0.1, 0.15) is 0 Å². The van der Waals surface area contributed by atoms with Crippen LogP contribution in [0.5, 0.6) is 0 Å². The Morgan fingerprint density at radius 2 is 0.940 bits per heavy atom. The van der Waals surface area contributed by atoms with Crippen molar-refractivity contribution in [2.75, 3.05) is 47.1 Å². The number of unbranched alkanes of at least 4 members (excludes halogenated alkanes) is 18. The summed E-state index contributed by atoms with van der Waals surface area (Å²) in [7, 11) is 3.95. The molecule has 50 heavy (non-hydrogen) atoms. The molecular formula is C42H81NO7. The molecule has 0 saturated carbocycles. The average molecular weight is 712 g/mol. The van der Waals surface area contributed by atoms with E-state index in [1.54, 1.807) is 0 Å². The van der Waals surface area contributed by atoms with Gasteiger partial charge in [0.25, 0.3) is 0 Å². The summed E-state index contributed by atoms with van der Waals surface area (Å²) in [6, 6.07) is 0. The van der Waals surface area contributed by atoms with Gasteiger partial charge in [-0.2, -0.15) is 0 Å². The zero-order valence-electron chi connectivity index (χ0n) is 33.6. The molecule has 0 radical (unpaired) electrons. The summed E-state index contributed by atoms with van der Waals surface area (Å²) >= 11 is 0. The van der Waals surface area contributed by atoms with Crippen LogP contribution in [0.2, 0.25) is 0 Å². The predicted octanol–water partition coefficient (Wildman–Crippen LogP) is 11.6. The highest BCUT2D eigenvalue weighted by atomic mass is 16.7. The van der Waals surface area contributed by atoms with Crippen molar-refractivity contribution in [1.29, 1.82) is 0 Å². The molecule has 8 nitrogen and oxygen atoms in total. The van der Waals surface area contributed by atoms with Gasteiger partial charge in [-0.05, 0) is 58.5 Å². The Morgan fingerprint density at radius 1 is 0.480 bits per heavy atom. The minimum absolute atomic E-state index is 0.0544. The van der Waals surface area contributed by atoms with Gasteiger partial charge >= 0.3 is 18.1 Å². The lowest BCUT2D eigenvalue weighted by atomic mass is 9.94. The summed E-state index contributed by atoms with van der Waals surface area (Å²) < 4.78 is 22.1. The van der Waals surface area contributed by atoms with E-state index in [9.17, 15) is 14.4 Å². The third kappa shape index (κ3) is 33.3. The normalized spacial score (nSPS) is 12.0. The Bertz CT molecular complexity index is 759. The fourth-order valence-corrected chi connectivity index (χ4v) is 6.23. The number of nitrogens with zero attached hydrogens (tertiary/aromatic N) is 1. The van der Waals surface area contributed by atoms with E-state index in [-0.39, 0.29) is 43.6 Å². The van der Waals surface area contributed by atoms with Crippen LogP contribution < -0.4 is 0 Å². The summed E-state index contributed by atoms with van der Waals surface area (Å²) in [5.41, 5.74) is 0. The van der Waals surface area contributed by atoms with Gasteiger partial charge in [-0.1, -0.05) is 149 Å². The zero-order valence-corrected chi connectivity index (χ0v) is 33.6. The van der Waals surface area contributed by atoms with Crippen LogP contribution >= 0.6 is 0 Å². The molecule has 0 aromatic rings. The van der Waals surface area contributed by atoms with Crippen LogP contribution in [0.4, 0.5) is 4.79 Å². The van der Waals surface area contributed by atoms with Crippen LogP contribution in [-0.4, -0.2) is 70.1 Å². The highest BCUT2D eigenvalue weighted by molar-refractivity contribution is 5.72. The van der Waals surface area contributed by atoms with Crippen LogP contribution in [-0.2, 0) is 28.5 Å². The van der Waals surface area contributed by atoms with Crippen molar-refractivity contribution in [2.45, 2.75) is 194 Å². The summed E-state index contributed by atoms with van der Waals surface area (Å²) in [5, 5.41) is 0. The number of carbonyl (C=O) groups is 3. The second-order valence-electron chi connectivity index (χ2n) is 14.8. The molecule has 0 rings (SSSR count). The van der Waals surface area contributed by atoms with Crippen LogP contribution in [0.3, 0.4) is 0 Å². The highest BCUT2D eigenvalue weighted by Crippen LogP contribution is 2.22. The monoisotopic (exact) mass is 712 g/mol. The van der Waals surface area contributed by atoms with Gasteiger partial charge in [0.2, 0.25) is 0 Å². The molecule has 1 atom stereocenters. The van der Waals surface area contributed by atoms with Gasteiger partial charge in [0.05, 0.1) is 32.3 Å². The van der Waals surface area contributed by atoms with Gasteiger partial charge in [-0.15, -0.1) is 0 Å². The third-order valence-corrected chi connectivity index (χ3v) is 9.60. The molecule has 296 valence electrons. The first kappa shape index (κ1) is 48.2. The summed E-state index contributed by atoms with van der Waals surface area (Å²) in [6.07, 6.45) is 28.7. The Kier molecular flexibility index (Phi) is 35.6. The van der Waals surface area contributed by atoms with E-state index >= 15 is 0 Å². The lowest BCUT2D eigenvalue weighted by molar-refractivity contribution is -0.149. The van der Waals surface area contributed by atoms with Crippen LogP contribution in [0.15, 0.2) is 0 Å². The number of rotatable bonds is 37. The largest absolute Gasteiger partial charge is 0.508 e. The highest BCUT2D eigenvalue weighted by Gasteiger charge is 2.21. The van der Waals surface area contributed by atoms with Crippen molar-refractivity contribution in [3.63, 3.8) is 0 Å². The van der Waals surface area contributed by atoms with Gasteiger partial charge in [0, 0.05) is 13.0 Å². The van der Waals surface area contributed by atoms with E-state index < -0.39 is 6.16 Å². The molecule has 0 fully saturated rings. The van der Waals surface area contributed by atoms with E-state index in [0.29, 0.717) is 25.9 Å². The zero-order chi connectivity index (χ0) is 36.9. The van der Waals surface area contributed by atoms with Gasteiger partial charge in [-0.25, -0.2) is 4.79 Å². The topological polar surface area (TPSA) is 91.4 Å². The van der Waals surface area contributed by atoms with Gasteiger partial charge in [0.15, 0.2) is 0 Å². The fraction of sp³-hybridized carbons (Fsp3) is 0.929. The molecule has 0 aliphatic rings. The Hall–Kier alpha value is -1.83. The van der Waals surface area contributed by atoms with E-state index in [4.69, 9.17) is 18.9 Å².